The standard InChI is InChI=1S/C14H18N4S2.C14H17N3S2/c1-18(2)10-6-4-9(5-7-10)17-11-8-12(13(15)16)20-14(11)19-3;1-3-9-4-6-10(7-5-9)17-11-8-12(13(15)16)19-14(11)18-2/h4-8,17H,1-3H3,(H3,15,16);4-8,17H,3H2,1-2H3,(H3,15,16). The Morgan fingerprint density at radius 2 is 1.18 bits per heavy atom. The number of hydrogen-bond donors (Lipinski definition) is 6. The summed E-state index contributed by atoms with van der Waals surface area (Å²) in [5, 5.41) is 21.8. The van der Waals surface area contributed by atoms with Crippen LogP contribution in [0.2, 0.25) is 0 Å². The highest BCUT2D eigenvalue weighted by molar-refractivity contribution is 8.00. The van der Waals surface area contributed by atoms with Crippen molar-refractivity contribution in [3.63, 3.8) is 0 Å². The number of nitrogens with zero attached hydrogens (tertiary/aromatic N) is 1. The molecule has 2 heterocycles. The number of hydrogen-bond acceptors (Lipinski definition) is 9. The Hall–Kier alpha value is -3.12. The molecule has 2 aromatic heterocycles. The highest BCUT2D eigenvalue weighted by Crippen LogP contribution is 2.37. The van der Waals surface area contributed by atoms with Gasteiger partial charge >= 0.3 is 0 Å². The molecule has 0 saturated heterocycles. The van der Waals surface area contributed by atoms with Crippen molar-refractivity contribution >= 4 is 86.3 Å². The number of rotatable bonds is 10. The van der Waals surface area contributed by atoms with E-state index in [2.05, 4.69) is 58.9 Å². The molecule has 0 unspecified atom stereocenters. The molecular formula is C28H35N7S4. The fourth-order valence-corrected chi connectivity index (χ4v) is 6.75. The first-order valence-electron chi connectivity index (χ1n) is 12.1. The number of nitrogens with one attached hydrogen (secondary N) is 4. The summed E-state index contributed by atoms with van der Waals surface area (Å²) in [7, 11) is 4.04. The van der Waals surface area contributed by atoms with Crippen LogP contribution in [0.25, 0.3) is 0 Å². The predicted molar refractivity (Wildman–Crippen MR) is 177 cm³/mol. The van der Waals surface area contributed by atoms with E-state index in [9.17, 15) is 0 Å². The van der Waals surface area contributed by atoms with Crippen molar-refractivity contribution in [1.29, 1.82) is 10.8 Å². The fourth-order valence-electron chi connectivity index (χ4n) is 3.47. The number of aryl methyl sites for hydroxylation is 1. The molecule has 0 radical (unpaired) electrons. The van der Waals surface area contributed by atoms with E-state index in [0.29, 0.717) is 0 Å². The van der Waals surface area contributed by atoms with E-state index in [-0.39, 0.29) is 11.7 Å². The zero-order chi connectivity index (χ0) is 28.5. The van der Waals surface area contributed by atoms with Gasteiger partial charge in [-0.3, -0.25) is 10.8 Å². The normalized spacial score (nSPS) is 10.4. The van der Waals surface area contributed by atoms with Crippen LogP contribution >= 0.6 is 46.2 Å². The van der Waals surface area contributed by atoms with Gasteiger partial charge in [0.2, 0.25) is 0 Å². The van der Waals surface area contributed by atoms with Crippen molar-refractivity contribution < 1.29 is 0 Å². The monoisotopic (exact) mass is 597 g/mol. The van der Waals surface area contributed by atoms with Crippen molar-refractivity contribution in [1.82, 2.24) is 0 Å². The van der Waals surface area contributed by atoms with E-state index < -0.39 is 0 Å². The molecule has 7 nitrogen and oxygen atoms in total. The van der Waals surface area contributed by atoms with Crippen molar-refractivity contribution in [2.24, 2.45) is 11.5 Å². The number of amidine groups is 2. The Kier molecular flexibility index (Phi) is 11.2. The molecule has 8 N–H and O–H groups in total. The lowest BCUT2D eigenvalue weighted by Crippen LogP contribution is -2.08. The molecule has 0 saturated carbocycles. The van der Waals surface area contributed by atoms with Crippen LogP contribution in [0, 0.1) is 10.8 Å². The Balaban J connectivity index is 0.000000216. The third kappa shape index (κ3) is 8.43. The second-order valence-corrected chi connectivity index (χ2v) is 12.9. The maximum atomic E-state index is 7.52. The van der Waals surface area contributed by atoms with Gasteiger partial charge in [0.05, 0.1) is 29.5 Å². The number of nitrogen functional groups attached to an aromatic ring is 2. The Morgan fingerprint density at radius 3 is 1.51 bits per heavy atom. The summed E-state index contributed by atoms with van der Waals surface area (Å²) in [5.41, 5.74) is 17.7. The predicted octanol–water partition coefficient (Wildman–Crippen LogP) is 7.62. The van der Waals surface area contributed by atoms with Gasteiger partial charge < -0.3 is 27.0 Å². The van der Waals surface area contributed by atoms with Crippen LogP contribution in [-0.2, 0) is 6.42 Å². The van der Waals surface area contributed by atoms with Crippen LogP contribution in [0.1, 0.15) is 22.2 Å². The minimum absolute atomic E-state index is 0.112. The number of thioether (sulfide) groups is 2. The molecule has 0 spiro atoms. The Bertz CT molecular complexity index is 1390. The number of benzene rings is 2. The largest absolute Gasteiger partial charge is 0.383 e. The van der Waals surface area contributed by atoms with Crippen LogP contribution in [-0.4, -0.2) is 38.3 Å². The topological polar surface area (TPSA) is 127 Å². The van der Waals surface area contributed by atoms with Crippen molar-refractivity contribution in [2.75, 3.05) is 42.1 Å². The van der Waals surface area contributed by atoms with Crippen molar-refractivity contribution in [2.45, 2.75) is 21.8 Å². The minimum Gasteiger partial charge on any atom is -0.383 e. The SMILES string of the molecule is CCc1ccc(Nc2cc(C(=N)N)sc2SC)cc1.CSc1sc(C(=N)N)cc1Nc1ccc(N(C)C)cc1. The van der Waals surface area contributed by atoms with Gasteiger partial charge in [-0.2, -0.15) is 0 Å². The third-order valence-corrected chi connectivity index (χ3v) is 10.2. The van der Waals surface area contributed by atoms with Gasteiger partial charge in [0.15, 0.2) is 0 Å². The van der Waals surface area contributed by atoms with Crippen molar-refractivity contribution in [3.8, 4) is 0 Å². The maximum Gasteiger partial charge on any atom is 0.133 e. The molecule has 4 aromatic rings. The zero-order valence-electron chi connectivity index (χ0n) is 22.7. The van der Waals surface area contributed by atoms with E-state index >= 15 is 0 Å². The summed E-state index contributed by atoms with van der Waals surface area (Å²) in [6, 6.07) is 20.5. The van der Waals surface area contributed by atoms with E-state index in [4.69, 9.17) is 22.3 Å². The molecule has 0 amide bonds. The lowest BCUT2D eigenvalue weighted by atomic mass is 10.1. The summed E-state index contributed by atoms with van der Waals surface area (Å²) in [6.07, 6.45) is 5.10. The van der Waals surface area contributed by atoms with Gasteiger partial charge in [-0.25, -0.2) is 0 Å². The molecule has 4 rings (SSSR count). The third-order valence-electron chi connectivity index (χ3n) is 5.60. The summed E-state index contributed by atoms with van der Waals surface area (Å²) in [6.45, 7) is 2.15. The lowest BCUT2D eigenvalue weighted by Gasteiger charge is -2.13. The summed E-state index contributed by atoms with van der Waals surface area (Å²) in [5.74, 6) is 0.232. The fraction of sp³-hybridized carbons (Fsp3) is 0.214. The van der Waals surface area contributed by atoms with E-state index in [1.807, 2.05) is 50.9 Å². The van der Waals surface area contributed by atoms with Crippen LogP contribution < -0.4 is 27.0 Å². The number of nitrogens with two attached hydrogens (primary N) is 2. The molecule has 0 atom stereocenters. The summed E-state index contributed by atoms with van der Waals surface area (Å²) >= 11 is 6.40. The first-order chi connectivity index (χ1) is 18.6. The van der Waals surface area contributed by atoms with Gasteiger partial charge in [0, 0.05) is 31.2 Å². The molecular weight excluding hydrogens is 563 g/mol. The molecule has 206 valence electrons. The molecule has 2 aromatic carbocycles. The maximum absolute atomic E-state index is 7.52. The highest BCUT2D eigenvalue weighted by atomic mass is 32.2. The van der Waals surface area contributed by atoms with Gasteiger partial charge in [-0.1, -0.05) is 19.1 Å². The van der Waals surface area contributed by atoms with Gasteiger partial charge in [0.25, 0.3) is 0 Å². The summed E-state index contributed by atoms with van der Waals surface area (Å²) in [4.78, 5) is 3.66. The average molecular weight is 598 g/mol. The van der Waals surface area contributed by atoms with Gasteiger partial charge in [-0.15, -0.1) is 46.2 Å². The first kappa shape index (κ1) is 30.4. The van der Waals surface area contributed by atoms with Crippen LogP contribution in [0.3, 0.4) is 0 Å². The Labute approximate surface area is 247 Å². The molecule has 0 fully saturated rings. The van der Waals surface area contributed by atoms with E-state index in [0.717, 1.165) is 53.0 Å². The molecule has 11 heteroatoms. The highest BCUT2D eigenvalue weighted by Gasteiger charge is 2.11. The van der Waals surface area contributed by atoms with Crippen LogP contribution in [0.4, 0.5) is 28.4 Å². The first-order valence-corrected chi connectivity index (χ1v) is 16.2. The Morgan fingerprint density at radius 1 is 0.769 bits per heavy atom. The molecule has 39 heavy (non-hydrogen) atoms. The van der Waals surface area contributed by atoms with E-state index in [1.54, 1.807) is 34.9 Å². The zero-order valence-corrected chi connectivity index (χ0v) is 26.0. The van der Waals surface area contributed by atoms with Crippen molar-refractivity contribution in [3.05, 3.63) is 76.0 Å². The molecule has 0 aliphatic rings. The second kappa shape index (κ2) is 14.3. The van der Waals surface area contributed by atoms with Crippen LogP contribution in [0.5, 0.6) is 0 Å². The lowest BCUT2D eigenvalue weighted by molar-refractivity contribution is 1.13. The quantitative estimate of drug-likeness (QED) is 0.0630. The molecule has 0 aliphatic heterocycles. The molecule has 0 aliphatic carbocycles. The second-order valence-electron chi connectivity index (χ2n) is 8.60. The number of thiophene rings is 2. The smallest absolute Gasteiger partial charge is 0.133 e. The average Bonchev–Trinajstić information content (AvgIpc) is 3.54. The van der Waals surface area contributed by atoms with Crippen LogP contribution in [0.15, 0.2) is 69.1 Å². The number of anilines is 5. The molecule has 0 bridgehead atoms. The minimum atomic E-state index is 0.112. The van der Waals surface area contributed by atoms with Gasteiger partial charge in [0.1, 0.15) is 11.7 Å². The van der Waals surface area contributed by atoms with Gasteiger partial charge in [-0.05, 0) is 73.0 Å². The summed E-state index contributed by atoms with van der Waals surface area (Å²) < 4.78 is 2.27. The van der Waals surface area contributed by atoms with E-state index in [1.165, 1.54) is 16.9 Å².